The van der Waals surface area contributed by atoms with E-state index >= 15 is 0 Å². The topological polar surface area (TPSA) is 72.2 Å². The van der Waals surface area contributed by atoms with Gasteiger partial charge in [-0.15, -0.1) is 0 Å². The predicted octanol–water partition coefficient (Wildman–Crippen LogP) is 1.66. The Labute approximate surface area is 102 Å². The Kier molecular flexibility index (Phi) is 2.91. The molecule has 94 valence electrons. The van der Waals surface area contributed by atoms with Gasteiger partial charge in [0.25, 0.3) is 0 Å². The predicted molar refractivity (Wildman–Crippen MR) is 68.1 cm³/mol. The number of nitrogens with two attached hydrogens (primary N) is 1. The van der Waals surface area contributed by atoms with Crippen LogP contribution in [0.4, 0.5) is 5.69 Å². The molecule has 1 saturated carbocycles. The number of nitrogens with one attached hydrogen (secondary N) is 1. The number of aryl methyl sites for hydroxylation is 1. The summed E-state index contributed by atoms with van der Waals surface area (Å²) in [5.41, 5.74) is 7.14. The summed E-state index contributed by atoms with van der Waals surface area (Å²) in [4.78, 5) is 0.249. The van der Waals surface area contributed by atoms with Gasteiger partial charge in [0.15, 0.2) is 0 Å². The summed E-state index contributed by atoms with van der Waals surface area (Å²) in [7, 11) is -3.43. The molecule has 1 aliphatic carbocycles. The summed E-state index contributed by atoms with van der Waals surface area (Å²) in [6.45, 7) is 4.42. The van der Waals surface area contributed by atoms with Crippen LogP contribution in [0.25, 0.3) is 0 Å². The molecule has 5 heteroatoms. The SMILES string of the molecule is Cc1cc(N)cc(S(=O)(=O)NCC2(C)CC2)c1. The molecular formula is C12H18N2O2S. The van der Waals surface area contributed by atoms with E-state index in [1.54, 1.807) is 12.1 Å². The summed E-state index contributed by atoms with van der Waals surface area (Å²) < 4.78 is 26.7. The summed E-state index contributed by atoms with van der Waals surface area (Å²) in [6, 6.07) is 4.87. The molecule has 2 rings (SSSR count). The van der Waals surface area contributed by atoms with E-state index in [-0.39, 0.29) is 10.3 Å². The van der Waals surface area contributed by atoms with Crippen LogP contribution in [0, 0.1) is 12.3 Å². The van der Waals surface area contributed by atoms with Crippen molar-refractivity contribution < 1.29 is 8.42 Å². The van der Waals surface area contributed by atoms with Crippen LogP contribution in [0.1, 0.15) is 25.3 Å². The number of anilines is 1. The lowest BCUT2D eigenvalue weighted by molar-refractivity contribution is 0.530. The third-order valence-corrected chi connectivity index (χ3v) is 4.56. The lowest BCUT2D eigenvalue weighted by Gasteiger charge is -2.11. The molecule has 17 heavy (non-hydrogen) atoms. The second kappa shape index (κ2) is 3.99. The molecule has 0 unspecified atom stereocenters. The first-order valence-corrected chi connectivity index (χ1v) is 7.16. The third-order valence-electron chi connectivity index (χ3n) is 3.18. The lowest BCUT2D eigenvalue weighted by Crippen LogP contribution is -2.29. The first-order valence-electron chi connectivity index (χ1n) is 5.68. The third kappa shape index (κ3) is 2.98. The van der Waals surface area contributed by atoms with Gasteiger partial charge in [-0.25, -0.2) is 13.1 Å². The largest absolute Gasteiger partial charge is 0.399 e. The molecule has 0 aromatic heterocycles. The maximum absolute atomic E-state index is 12.0. The van der Waals surface area contributed by atoms with Crippen LogP contribution in [0.15, 0.2) is 23.1 Å². The minimum atomic E-state index is -3.43. The van der Waals surface area contributed by atoms with Gasteiger partial charge in [0.05, 0.1) is 4.90 Å². The molecule has 3 N–H and O–H groups in total. The van der Waals surface area contributed by atoms with Gasteiger partial charge in [-0.1, -0.05) is 6.92 Å². The van der Waals surface area contributed by atoms with E-state index in [1.807, 2.05) is 6.92 Å². The molecule has 1 fully saturated rings. The number of hydrogen-bond acceptors (Lipinski definition) is 3. The second-order valence-electron chi connectivity index (χ2n) is 5.21. The van der Waals surface area contributed by atoms with Crippen molar-refractivity contribution in [3.8, 4) is 0 Å². The maximum atomic E-state index is 12.0. The number of nitrogen functional groups attached to an aromatic ring is 1. The minimum absolute atomic E-state index is 0.155. The van der Waals surface area contributed by atoms with E-state index in [9.17, 15) is 8.42 Å². The van der Waals surface area contributed by atoms with Gasteiger partial charge in [-0.3, -0.25) is 0 Å². The van der Waals surface area contributed by atoms with Gasteiger partial charge < -0.3 is 5.73 Å². The zero-order chi connectivity index (χ0) is 12.7. The standard InChI is InChI=1S/C12H18N2O2S/c1-9-5-10(13)7-11(6-9)17(15,16)14-8-12(2)3-4-12/h5-7,14H,3-4,8,13H2,1-2H3. The van der Waals surface area contributed by atoms with Crippen LogP contribution in [0.5, 0.6) is 0 Å². The normalized spacial score (nSPS) is 18.0. The summed E-state index contributed by atoms with van der Waals surface area (Å²) in [5.74, 6) is 0. The van der Waals surface area contributed by atoms with E-state index in [0.29, 0.717) is 12.2 Å². The van der Waals surface area contributed by atoms with E-state index in [1.165, 1.54) is 6.07 Å². The smallest absolute Gasteiger partial charge is 0.240 e. The van der Waals surface area contributed by atoms with Gasteiger partial charge in [0.1, 0.15) is 0 Å². The number of benzene rings is 1. The summed E-state index contributed by atoms with van der Waals surface area (Å²) in [5, 5.41) is 0. The molecular weight excluding hydrogens is 236 g/mol. The van der Waals surface area contributed by atoms with E-state index in [2.05, 4.69) is 11.6 Å². The Balaban J connectivity index is 2.18. The minimum Gasteiger partial charge on any atom is -0.399 e. The molecule has 0 amide bonds. The van der Waals surface area contributed by atoms with Gasteiger partial charge in [0, 0.05) is 12.2 Å². The Bertz CT molecular complexity index is 513. The number of rotatable bonds is 4. The Hall–Kier alpha value is -1.07. The zero-order valence-corrected chi connectivity index (χ0v) is 11.0. The van der Waals surface area contributed by atoms with Gasteiger partial charge >= 0.3 is 0 Å². The van der Waals surface area contributed by atoms with Crippen molar-refractivity contribution in [2.75, 3.05) is 12.3 Å². The van der Waals surface area contributed by atoms with Crippen LogP contribution in [0.3, 0.4) is 0 Å². The van der Waals surface area contributed by atoms with E-state index in [4.69, 9.17) is 5.73 Å². The average Bonchev–Trinajstić information content (AvgIpc) is 2.93. The molecule has 0 atom stereocenters. The van der Waals surface area contributed by atoms with Gasteiger partial charge in [0.2, 0.25) is 10.0 Å². The molecule has 1 aromatic carbocycles. The lowest BCUT2D eigenvalue weighted by atomic mass is 10.2. The molecule has 1 aromatic rings. The fraction of sp³-hybridized carbons (Fsp3) is 0.500. The molecule has 0 spiro atoms. The van der Waals surface area contributed by atoms with Crippen molar-refractivity contribution >= 4 is 15.7 Å². The number of sulfonamides is 1. The van der Waals surface area contributed by atoms with E-state index in [0.717, 1.165) is 18.4 Å². The summed E-state index contributed by atoms with van der Waals surface area (Å²) in [6.07, 6.45) is 2.18. The molecule has 0 aliphatic heterocycles. The van der Waals surface area contributed by atoms with Crippen LogP contribution >= 0.6 is 0 Å². The highest BCUT2D eigenvalue weighted by molar-refractivity contribution is 7.89. The highest BCUT2D eigenvalue weighted by atomic mass is 32.2. The highest BCUT2D eigenvalue weighted by Crippen LogP contribution is 2.44. The monoisotopic (exact) mass is 254 g/mol. The van der Waals surface area contributed by atoms with Crippen molar-refractivity contribution in [1.29, 1.82) is 0 Å². The fourth-order valence-electron chi connectivity index (χ4n) is 1.67. The van der Waals surface area contributed by atoms with E-state index < -0.39 is 10.0 Å². The van der Waals surface area contributed by atoms with Gasteiger partial charge in [-0.05, 0) is 48.9 Å². The first kappa shape index (κ1) is 12.4. The Morgan fingerprint density at radius 2 is 2.00 bits per heavy atom. The van der Waals surface area contributed by atoms with Crippen molar-refractivity contribution in [3.05, 3.63) is 23.8 Å². The molecule has 4 nitrogen and oxygen atoms in total. The molecule has 0 bridgehead atoms. The quantitative estimate of drug-likeness (QED) is 0.803. The van der Waals surface area contributed by atoms with Crippen molar-refractivity contribution in [3.63, 3.8) is 0 Å². The average molecular weight is 254 g/mol. The highest BCUT2D eigenvalue weighted by Gasteiger charge is 2.38. The van der Waals surface area contributed by atoms with Crippen LogP contribution < -0.4 is 10.5 Å². The molecule has 0 radical (unpaired) electrons. The van der Waals surface area contributed by atoms with Crippen molar-refractivity contribution in [2.24, 2.45) is 5.41 Å². The Morgan fingerprint density at radius 3 is 2.53 bits per heavy atom. The fourth-order valence-corrected chi connectivity index (χ4v) is 3.01. The van der Waals surface area contributed by atoms with Crippen molar-refractivity contribution in [2.45, 2.75) is 31.6 Å². The maximum Gasteiger partial charge on any atom is 0.240 e. The van der Waals surface area contributed by atoms with Gasteiger partial charge in [-0.2, -0.15) is 0 Å². The van der Waals surface area contributed by atoms with Crippen LogP contribution in [-0.4, -0.2) is 15.0 Å². The molecule has 1 aliphatic rings. The van der Waals surface area contributed by atoms with Crippen molar-refractivity contribution in [1.82, 2.24) is 4.72 Å². The van der Waals surface area contributed by atoms with Crippen LogP contribution in [-0.2, 0) is 10.0 Å². The zero-order valence-electron chi connectivity index (χ0n) is 10.2. The second-order valence-corrected chi connectivity index (χ2v) is 6.98. The Morgan fingerprint density at radius 1 is 1.35 bits per heavy atom. The molecule has 0 heterocycles. The van der Waals surface area contributed by atoms with Crippen LogP contribution in [0.2, 0.25) is 0 Å². The molecule has 0 saturated heterocycles. The first-order chi connectivity index (χ1) is 7.81. The number of hydrogen-bond donors (Lipinski definition) is 2. The summed E-state index contributed by atoms with van der Waals surface area (Å²) >= 11 is 0.